The van der Waals surface area contributed by atoms with E-state index in [4.69, 9.17) is 9.47 Å². The number of hydrogen-bond acceptors (Lipinski definition) is 12. The number of aromatic nitrogens is 2. The number of para-hydroxylation sites is 1. The summed E-state index contributed by atoms with van der Waals surface area (Å²) < 4.78 is 10.6. The number of benzene rings is 3. The van der Waals surface area contributed by atoms with E-state index in [9.17, 15) is 9.59 Å². The number of rotatable bonds is 15. The van der Waals surface area contributed by atoms with Gasteiger partial charge in [-0.25, -0.2) is 9.59 Å². The maximum Gasteiger partial charge on any atom is 0.341 e. The zero-order chi connectivity index (χ0) is 43.3. The van der Waals surface area contributed by atoms with E-state index < -0.39 is 0 Å². The molecule has 326 valence electrons. The van der Waals surface area contributed by atoms with Crippen LogP contribution in [0.15, 0.2) is 67.0 Å². The summed E-state index contributed by atoms with van der Waals surface area (Å²) in [6.45, 7) is 25.1. The zero-order valence-electron chi connectivity index (χ0n) is 37.5. The fraction of sp³-hybridized carbons (Fsp3) is 0.469. The van der Waals surface area contributed by atoms with Crippen LogP contribution in [-0.4, -0.2) is 135 Å². The van der Waals surface area contributed by atoms with Crippen LogP contribution in [0.3, 0.4) is 0 Å². The average Bonchev–Trinajstić information content (AvgIpc) is 3.25. The molecular weight excluding hydrogens is 765 g/mol. The van der Waals surface area contributed by atoms with Gasteiger partial charge in [0.2, 0.25) is 0 Å². The lowest BCUT2D eigenvalue weighted by atomic mass is 10.0. The van der Waals surface area contributed by atoms with Gasteiger partial charge < -0.3 is 34.8 Å². The number of hydrogen-bond donors (Lipinski definition) is 2. The first-order valence-corrected chi connectivity index (χ1v) is 22.1. The molecule has 0 amide bonds. The molecule has 12 heteroatoms. The summed E-state index contributed by atoms with van der Waals surface area (Å²) in [5.74, 6) is -0.650. The van der Waals surface area contributed by atoms with Gasteiger partial charge in [-0.3, -0.25) is 14.9 Å². The second-order valence-electron chi connectivity index (χ2n) is 16.4. The van der Waals surface area contributed by atoms with Gasteiger partial charge in [0.1, 0.15) is 11.1 Å². The Morgan fingerprint density at radius 3 is 1.51 bits per heavy atom. The van der Waals surface area contributed by atoms with E-state index >= 15 is 0 Å². The van der Waals surface area contributed by atoms with Crippen LogP contribution in [-0.2, 0) is 9.47 Å². The van der Waals surface area contributed by atoms with E-state index in [1.807, 2.05) is 13.8 Å². The minimum absolute atomic E-state index is 0.322. The molecule has 7 rings (SSSR count). The van der Waals surface area contributed by atoms with Crippen molar-refractivity contribution in [3.63, 3.8) is 0 Å². The van der Waals surface area contributed by atoms with Crippen LogP contribution in [0, 0.1) is 27.7 Å². The minimum Gasteiger partial charge on any atom is -0.462 e. The van der Waals surface area contributed by atoms with Gasteiger partial charge in [0.15, 0.2) is 0 Å². The minimum atomic E-state index is -0.328. The van der Waals surface area contributed by atoms with Crippen molar-refractivity contribution in [1.82, 2.24) is 24.7 Å². The van der Waals surface area contributed by atoms with Crippen molar-refractivity contribution in [3.8, 4) is 0 Å². The first-order valence-electron chi connectivity index (χ1n) is 22.1. The number of ether oxygens (including phenoxy) is 2. The Hall–Kier alpha value is -5.30. The summed E-state index contributed by atoms with van der Waals surface area (Å²) in [5, 5.41) is 9.04. The molecule has 2 aliphatic rings. The van der Waals surface area contributed by atoms with Crippen molar-refractivity contribution >= 4 is 50.8 Å². The number of piperazine rings is 2. The van der Waals surface area contributed by atoms with Crippen molar-refractivity contribution in [1.29, 1.82) is 0 Å². The van der Waals surface area contributed by atoms with Gasteiger partial charge in [0.05, 0.1) is 35.6 Å². The fourth-order valence-corrected chi connectivity index (χ4v) is 8.40. The topological polar surface area (TPSA) is 115 Å². The molecule has 2 aromatic heterocycles. The third kappa shape index (κ3) is 12.0. The lowest BCUT2D eigenvalue weighted by molar-refractivity contribution is 0.0517. The molecule has 0 unspecified atom stereocenters. The highest BCUT2D eigenvalue weighted by molar-refractivity contribution is 6.06. The monoisotopic (exact) mass is 831 g/mol. The quantitative estimate of drug-likeness (QED) is 0.0795. The smallest absolute Gasteiger partial charge is 0.341 e. The summed E-state index contributed by atoms with van der Waals surface area (Å²) in [6.07, 6.45) is 5.32. The molecule has 2 fully saturated rings. The van der Waals surface area contributed by atoms with Crippen molar-refractivity contribution in [3.05, 3.63) is 100 Å². The van der Waals surface area contributed by atoms with Crippen molar-refractivity contribution in [2.45, 2.75) is 54.4 Å². The van der Waals surface area contributed by atoms with Crippen LogP contribution < -0.4 is 15.5 Å². The summed E-state index contributed by atoms with van der Waals surface area (Å²) in [5.41, 5.74) is 10.4. The van der Waals surface area contributed by atoms with Crippen LogP contribution in [0.25, 0.3) is 21.8 Å². The lowest BCUT2D eigenvalue weighted by Gasteiger charge is -2.36. The molecule has 2 aliphatic heterocycles. The third-order valence-corrected chi connectivity index (χ3v) is 11.6. The van der Waals surface area contributed by atoms with E-state index in [1.54, 1.807) is 12.4 Å². The number of likely N-dealkylation sites (N-methyl/N-ethyl adjacent to an activating group) is 1. The van der Waals surface area contributed by atoms with Gasteiger partial charge in [-0.1, -0.05) is 41.5 Å². The van der Waals surface area contributed by atoms with E-state index in [0.29, 0.717) is 24.3 Å². The Bertz CT molecular complexity index is 2230. The highest BCUT2D eigenvalue weighted by Gasteiger charge is 2.21. The van der Waals surface area contributed by atoms with Crippen LogP contribution in [0.4, 0.5) is 17.1 Å². The first-order chi connectivity index (χ1) is 29.6. The van der Waals surface area contributed by atoms with Gasteiger partial charge in [0, 0.05) is 94.3 Å². The molecule has 3 aromatic carbocycles. The zero-order valence-corrected chi connectivity index (χ0v) is 37.5. The number of fused-ring (bicyclic) bond motifs is 2. The molecule has 2 saturated heterocycles. The Morgan fingerprint density at radius 2 is 1.07 bits per heavy atom. The number of esters is 2. The Labute approximate surface area is 362 Å². The summed E-state index contributed by atoms with van der Waals surface area (Å²) in [7, 11) is 2.17. The van der Waals surface area contributed by atoms with Gasteiger partial charge in [-0.15, -0.1) is 0 Å². The van der Waals surface area contributed by atoms with E-state index in [1.165, 1.54) is 5.69 Å². The second-order valence-corrected chi connectivity index (χ2v) is 16.4. The Balaban J connectivity index is 0.000000207. The summed E-state index contributed by atoms with van der Waals surface area (Å²) in [4.78, 5) is 44.0. The number of carbonyl (C=O) groups is 2. The number of nitrogens with zero attached hydrogens (tertiary/aromatic N) is 6. The Kier molecular flexibility index (Phi) is 16.3. The number of anilines is 3. The summed E-state index contributed by atoms with van der Waals surface area (Å²) in [6, 6.07) is 19.1. The molecule has 4 heterocycles. The van der Waals surface area contributed by atoms with Gasteiger partial charge >= 0.3 is 11.9 Å². The molecule has 5 aromatic rings. The van der Waals surface area contributed by atoms with Crippen LogP contribution in [0.5, 0.6) is 0 Å². The standard InChI is InChI=1S/C27H34N4O2.C22H32N4O2/c1-4-33-27(32)24-19-29-25-21(3)17-20(2)18-23(25)26(24)28-11-8-12-30-13-15-31(16-14-30)22-9-6-5-7-10-22;1-5-28-22(27)19-15-24-20-17(3)13-16(2)14-18(20)21(19)23-7-6-8-26-11-9-25(4)10-12-26/h5-7,9-10,17-19H,4,8,11-16H2,1-3H3,(H,28,29);13-15H,5-12H2,1-4H3,(H,23,24). The normalized spacial score (nSPS) is 15.0. The van der Waals surface area contributed by atoms with Gasteiger partial charge in [-0.05, 0) is 110 Å². The third-order valence-electron chi connectivity index (χ3n) is 11.6. The molecule has 0 spiro atoms. The van der Waals surface area contributed by atoms with Crippen LogP contribution in [0.2, 0.25) is 0 Å². The predicted molar refractivity (Wildman–Crippen MR) is 250 cm³/mol. The molecule has 61 heavy (non-hydrogen) atoms. The largest absolute Gasteiger partial charge is 0.462 e. The fourth-order valence-electron chi connectivity index (χ4n) is 8.40. The highest BCUT2D eigenvalue weighted by Crippen LogP contribution is 2.31. The number of carbonyl (C=O) groups excluding carboxylic acids is 2. The van der Waals surface area contributed by atoms with Crippen molar-refractivity contribution < 1.29 is 19.1 Å². The lowest BCUT2D eigenvalue weighted by Crippen LogP contribution is -2.46. The van der Waals surface area contributed by atoms with Gasteiger partial charge in [0.25, 0.3) is 0 Å². The number of aryl methyl sites for hydroxylation is 4. The van der Waals surface area contributed by atoms with E-state index in [0.717, 1.165) is 147 Å². The number of nitrogens with one attached hydrogen (secondary N) is 2. The molecule has 12 nitrogen and oxygen atoms in total. The molecule has 2 N–H and O–H groups in total. The van der Waals surface area contributed by atoms with Crippen LogP contribution in [0.1, 0.15) is 69.7 Å². The maximum absolute atomic E-state index is 12.6. The second kappa shape index (κ2) is 22.0. The number of pyridine rings is 2. The molecule has 0 bridgehead atoms. The summed E-state index contributed by atoms with van der Waals surface area (Å²) >= 11 is 0. The van der Waals surface area contributed by atoms with E-state index in [2.05, 4.69) is 130 Å². The van der Waals surface area contributed by atoms with E-state index in [-0.39, 0.29) is 11.9 Å². The predicted octanol–water partition coefficient (Wildman–Crippen LogP) is 7.73. The van der Waals surface area contributed by atoms with Crippen molar-refractivity contribution in [2.75, 3.05) is 114 Å². The first kappa shape index (κ1) is 45.2. The van der Waals surface area contributed by atoms with Crippen molar-refractivity contribution in [2.24, 2.45) is 0 Å². The van der Waals surface area contributed by atoms with Gasteiger partial charge in [-0.2, -0.15) is 0 Å². The van der Waals surface area contributed by atoms with Crippen LogP contribution >= 0.6 is 0 Å². The Morgan fingerprint density at radius 1 is 0.623 bits per heavy atom. The molecular formula is C49H66N8O4. The molecule has 0 aliphatic carbocycles. The molecule has 0 saturated carbocycles. The molecule has 0 radical (unpaired) electrons. The molecule has 0 atom stereocenters. The maximum atomic E-state index is 12.6. The highest BCUT2D eigenvalue weighted by atomic mass is 16.5. The average molecular weight is 831 g/mol. The SMILES string of the molecule is CCOC(=O)c1cnc2c(C)cc(C)cc2c1NCCCN1CCN(C)CC1.CCOC(=O)c1cnc2c(C)cc(C)cc2c1NCCCN1CCN(c2ccccc2)CC1.